The van der Waals surface area contributed by atoms with Crippen molar-refractivity contribution in [2.45, 2.75) is 65.2 Å². The van der Waals surface area contributed by atoms with Crippen LogP contribution in [0.5, 0.6) is 0 Å². The molecule has 0 unspecified atom stereocenters. The highest BCUT2D eigenvalue weighted by Crippen LogP contribution is 2.42. The molecule has 0 radical (unpaired) electrons. The number of aliphatic hydroxyl groups excluding tert-OH is 2. The Bertz CT molecular complexity index is 1050. The van der Waals surface area contributed by atoms with Crippen LogP contribution in [0.4, 0.5) is 0 Å². The average molecular weight is 419 g/mol. The summed E-state index contributed by atoms with van der Waals surface area (Å²) in [5, 5.41) is 19.2. The predicted octanol–water partition coefficient (Wildman–Crippen LogP) is 6.41. The summed E-state index contributed by atoms with van der Waals surface area (Å²) in [7, 11) is 0. The summed E-state index contributed by atoms with van der Waals surface area (Å²) in [6.45, 7) is 12.7. The smallest absolute Gasteiger partial charge is 0.193 e. The molecule has 0 atom stereocenters. The molecule has 0 amide bonds. The van der Waals surface area contributed by atoms with Gasteiger partial charge in [0.1, 0.15) is 0 Å². The fourth-order valence-electron chi connectivity index (χ4n) is 4.24. The third-order valence-corrected chi connectivity index (χ3v) is 6.50. The molecule has 2 aromatic rings. The van der Waals surface area contributed by atoms with Crippen LogP contribution in [0.15, 0.2) is 54.3 Å². The number of carbonyl (C=O) groups excluding carboxylic acids is 1. The number of hydrogen-bond acceptors (Lipinski definition) is 3. The standard InChI is InChI=1S/C28H34O3/c1-18-16-23-24(28(5,6)14-13-27(23,3)4)17-22(18)26(31)21-11-9-20(10-12-21)19(2)25(30)8-7-15-29/h9-14,16-17,29-30H,7-8,15H2,1-6H3/b25-19-. The zero-order valence-corrected chi connectivity index (χ0v) is 19.5. The van der Waals surface area contributed by atoms with Crippen LogP contribution in [0, 0.1) is 6.92 Å². The third kappa shape index (κ3) is 4.52. The van der Waals surface area contributed by atoms with E-state index in [0.29, 0.717) is 18.4 Å². The molecule has 164 valence electrons. The molecule has 2 N–H and O–H groups in total. The number of aryl methyl sites for hydroxylation is 1. The second kappa shape index (κ2) is 8.47. The number of hydrogen-bond donors (Lipinski definition) is 2. The van der Waals surface area contributed by atoms with Gasteiger partial charge in [-0.1, -0.05) is 70.2 Å². The Balaban J connectivity index is 1.96. The van der Waals surface area contributed by atoms with Gasteiger partial charge in [0.05, 0.1) is 5.76 Å². The average Bonchev–Trinajstić information content (AvgIpc) is 2.74. The van der Waals surface area contributed by atoms with E-state index in [2.05, 4.69) is 52.0 Å². The monoisotopic (exact) mass is 418 g/mol. The maximum absolute atomic E-state index is 13.4. The number of carbonyl (C=O) groups is 1. The SMILES string of the molecule is C/C(=C(/O)CCCO)c1ccc(C(=O)c2cc3c(cc2C)C(C)(C)C=CC3(C)C)cc1. The minimum absolute atomic E-state index is 0.0149. The van der Waals surface area contributed by atoms with E-state index >= 15 is 0 Å². The fourth-order valence-corrected chi connectivity index (χ4v) is 4.24. The van der Waals surface area contributed by atoms with Gasteiger partial charge >= 0.3 is 0 Å². The molecule has 2 aromatic carbocycles. The number of aliphatic hydroxyl groups is 2. The summed E-state index contributed by atoms with van der Waals surface area (Å²) in [5.74, 6) is 0.290. The lowest BCUT2D eigenvalue weighted by molar-refractivity contribution is 0.103. The van der Waals surface area contributed by atoms with Crippen LogP contribution in [0.2, 0.25) is 0 Å². The summed E-state index contributed by atoms with van der Waals surface area (Å²) >= 11 is 0. The molecular weight excluding hydrogens is 384 g/mol. The van der Waals surface area contributed by atoms with Gasteiger partial charge in [-0.3, -0.25) is 4.79 Å². The van der Waals surface area contributed by atoms with Crippen LogP contribution >= 0.6 is 0 Å². The van der Waals surface area contributed by atoms with Gasteiger partial charge in [-0.05, 0) is 54.2 Å². The minimum atomic E-state index is -0.120. The topological polar surface area (TPSA) is 57.5 Å². The Morgan fingerprint density at radius 2 is 1.42 bits per heavy atom. The van der Waals surface area contributed by atoms with E-state index in [1.165, 1.54) is 11.1 Å². The maximum atomic E-state index is 13.4. The summed E-state index contributed by atoms with van der Waals surface area (Å²) in [6.07, 6.45) is 5.48. The van der Waals surface area contributed by atoms with Crippen LogP contribution in [0.3, 0.4) is 0 Å². The number of ketones is 1. The molecule has 1 aliphatic carbocycles. The highest BCUT2D eigenvalue weighted by atomic mass is 16.3. The van der Waals surface area contributed by atoms with Gasteiger partial charge in [0.2, 0.25) is 0 Å². The zero-order chi connectivity index (χ0) is 23.0. The third-order valence-electron chi connectivity index (χ3n) is 6.50. The summed E-state index contributed by atoms with van der Waals surface area (Å²) in [5.41, 5.74) is 6.33. The van der Waals surface area contributed by atoms with Crippen LogP contribution in [0.1, 0.15) is 85.6 Å². The largest absolute Gasteiger partial charge is 0.512 e. The molecule has 0 heterocycles. The van der Waals surface area contributed by atoms with Crippen molar-refractivity contribution in [2.24, 2.45) is 0 Å². The first kappa shape index (κ1) is 23.0. The number of allylic oxidation sites excluding steroid dienone is 4. The van der Waals surface area contributed by atoms with Crippen LogP contribution < -0.4 is 0 Å². The summed E-state index contributed by atoms with van der Waals surface area (Å²) in [4.78, 5) is 13.4. The van der Waals surface area contributed by atoms with Crippen molar-refractivity contribution in [3.8, 4) is 0 Å². The first-order valence-corrected chi connectivity index (χ1v) is 11.0. The molecule has 31 heavy (non-hydrogen) atoms. The van der Waals surface area contributed by atoms with Crippen molar-refractivity contribution in [1.29, 1.82) is 0 Å². The van der Waals surface area contributed by atoms with Gasteiger partial charge in [-0.15, -0.1) is 0 Å². The molecular formula is C28H34O3. The highest BCUT2D eigenvalue weighted by molar-refractivity contribution is 6.10. The van der Waals surface area contributed by atoms with Crippen molar-refractivity contribution in [1.82, 2.24) is 0 Å². The second-order valence-electron chi connectivity index (χ2n) is 9.79. The number of fused-ring (bicyclic) bond motifs is 1. The van der Waals surface area contributed by atoms with E-state index in [9.17, 15) is 9.90 Å². The predicted molar refractivity (Wildman–Crippen MR) is 128 cm³/mol. The van der Waals surface area contributed by atoms with Crippen molar-refractivity contribution in [2.75, 3.05) is 6.61 Å². The van der Waals surface area contributed by atoms with E-state index in [1.807, 2.05) is 38.1 Å². The Morgan fingerprint density at radius 1 is 0.903 bits per heavy atom. The molecule has 0 bridgehead atoms. The summed E-state index contributed by atoms with van der Waals surface area (Å²) < 4.78 is 0. The molecule has 0 spiro atoms. The van der Waals surface area contributed by atoms with Gasteiger partial charge in [-0.25, -0.2) is 0 Å². The quantitative estimate of drug-likeness (QED) is 0.324. The Morgan fingerprint density at radius 3 is 1.97 bits per heavy atom. The Hall–Kier alpha value is -2.65. The van der Waals surface area contributed by atoms with Crippen molar-refractivity contribution < 1.29 is 15.0 Å². The lowest BCUT2D eigenvalue weighted by Crippen LogP contribution is -2.29. The van der Waals surface area contributed by atoms with E-state index in [0.717, 1.165) is 22.3 Å². The molecule has 0 aromatic heterocycles. The zero-order valence-electron chi connectivity index (χ0n) is 19.5. The van der Waals surface area contributed by atoms with Crippen molar-refractivity contribution >= 4 is 11.4 Å². The van der Waals surface area contributed by atoms with Gasteiger partial charge in [0, 0.05) is 35.0 Å². The molecule has 0 aliphatic heterocycles. The van der Waals surface area contributed by atoms with Gasteiger partial charge in [0.15, 0.2) is 5.78 Å². The first-order valence-electron chi connectivity index (χ1n) is 11.0. The Labute approximate surface area is 186 Å². The molecule has 0 fully saturated rings. The van der Waals surface area contributed by atoms with Crippen molar-refractivity contribution in [3.63, 3.8) is 0 Å². The van der Waals surface area contributed by atoms with Gasteiger partial charge in [-0.2, -0.15) is 0 Å². The Kier molecular flexibility index (Phi) is 6.29. The highest BCUT2D eigenvalue weighted by Gasteiger charge is 2.34. The van der Waals surface area contributed by atoms with E-state index in [1.54, 1.807) is 0 Å². The summed E-state index contributed by atoms with van der Waals surface area (Å²) in [6, 6.07) is 11.7. The van der Waals surface area contributed by atoms with Crippen LogP contribution in [0.25, 0.3) is 5.57 Å². The van der Waals surface area contributed by atoms with E-state index < -0.39 is 0 Å². The molecule has 1 aliphatic rings. The van der Waals surface area contributed by atoms with Crippen LogP contribution in [-0.2, 0) is 10.8 Å². The van der Waals surface area contributed by atoms with E-state index in [4.69, 9.17) is 5.11 Å². The first-order chi connectivity index (χ1) is 14.5. The van der Waals surface area contributed by atoms with Gasteiger partial charge in [0.25, 0.3) is 0 Å². The molecule has 3 nitrogen and oxygen atoms in total. The number of benzene rings is 2. The minimum Gasteiger partial charge on any atom is -0.512 e. The van der Waals surface area contributed by atoms with Gasteiger partial charge < -0.3 is 10.2 Å². The molecule has 0 saturated heterocycles. The lowest BCUT2D eigenvalue weighted by Gasteiger charge is -2.37. The molecule has 0 saturated carbocycles. The van der Waals surface area contributed by atoms with E-state index in [-0.39, 0.29) is 29.0 Å². The molecule has 3 heteroatoms. The maximum Gasteiger partial charge on any atom is 0.193 e. The number of rotatable bonds is 6. The van der Waals surface area contributed by atoms with Crippen LogP contribution in [-0.4, -0.2) is 22.6 Å². The normalized spacial score (nSPS) is 17.1. The second-order valence-corrected chi connectivity index (χ2v) is 9.79. The molecule has 3 rings (SSSR count). The fraction of sp³-hybridized carbons (Fsp3) is 0.393. The van der Waals surface area contributed by atoms with Crippen molar-refractivity contribution in [3.05, 3.63) is 87.7 Å². The lowest BCUT2D eigenvalue weighted by atomic mass is 9.67.